The second kappa shape index (κ2) is 8.25. The molecule has 0 saturated carbocycles. The molecule has 0 aliphatic heterocycles. The summed E-state index contributed by atoms with van der Waals surface area (Å²) in [5.41, 5.74) is 0.813. The smallest absolute Gasteiger partial charge is 0.416 e. The Morgan fingerprint density at radius 1 is 0.935 bits per heavy atom. The van der Waals surface area contributed by atoms with Crippen molar-refractivity contribution in [3.63, 3.8) is 0 Å². The fourth-order valence-electron chi connectivity index (χ4n) is 3.37. The molecule has 0 unspecified atom stereocenters. The van der Waals surface area contributed by atoms with Crippen molar-refractivity contribution in [2.45, 2.75) is 12.1 Å². The molecule has 3 aromatic carbocycles. The van der Waals surface area contributed by atoms with Crippen LogP contribution in [0.5, 0.6) is 0 Å². The van der Waals surface area contributed by atoms with Gasteiger partial charge in [-0.2, -0.15) is 18.4 Å². The maximum Gasteiger partial charge on any atom is 0.416 e. The van der Waals surface area contributed by atoms with Gasteiger partial charge < -0.3 is 5.11 Å². The Balaban J connectivity index is 1.87. The molecule has 1 heterocycles. The van der Waals surface area contributed by atoms with Gasteiger partial charge in [-0.3, -0.25) is 0 Å². The number of alkyl halides is 3. The zero-order chi connectivity index (χ0) is 22.0. The normalized spacial score (nSPS) is 12.6. The molecule has 4 aromatic rings. The molecular formula is C24H15F3N2OS. The number of fused-ring (bicyclic) bond motifs is 1. The summed E-state index contributed by atoms with van der Waals surface area (Å²) in [6.07, 6.45) is -4.49. The molecule has 0 atom stereocenters. The van der Waals surface area contributed by atoms with Crippen molar-refractivity contribution in [2.75, 3.05) is 0 Å². The molecule has 0 aliphatic rings. The molecule has 0 amide bonds. The third-order valence-electron chi connectivity index (χ3n) is 4.84. The molecule has 7 heteroatoms. The van der Waals surface area contributed by atoms with Gasteiger partial charge in [-0.05, 0) is 29.3 Å². The fraction of sp³-hybridized carbons (Fsp3) is 0.0833. The summed E-state index contributed by atoms with van der Waals surface area (Å²) in [6, 6.07) is 23.7. The van der Waals surface area contributed by atoms with Crippen LogP contribution >= 0.6 is 11.3 Å². The van der Waals surface area contributed by atoms with Gasteiger partial charge in [0, 0.05) is 0 Å². The predicted molar refractivity (Wildman–Crippen MR) is 115 cm³/mol. The number of nitrogens with zero attached hydrogens (tertiary/aromatic N) is 2. The number of aliphatic hydroxyl groups excluding tert-OH is 1. The van der Waals surface area contributed by atoms with Gasteiger partial charge in [0.05, 0.1) is 21.7 Å². The quantitative estimate of drug-likeness (QED) is 0.278. The van der Waals surface area contributed by atoms with E-state index in [1.54, 1.807) is 0 Å². The van der Waals surface area contributed by atoms with Crippen molar-refractivity contribution in [1.29, 1.82) is 5.26 Å². The van der Waals surface area contributed by atoms with Crippen molar-refractivity contribution in [3.05, 3.63) is 106 Å². The molecule has 0 radical (unpaired) electrons. The van der Waals surface area contributed by atoms with Crippen molar-refractivity contribution < 1.29 is 18.3 Å². The van der Waals surface area contributed by atoms with Crippen LogP contribution in [0.1, 0.15) is 27.6 Å². The minimum atomic E-state index is -4.49. The summed E-state index contributed by atoms with van der Waals surface area (Å²) in [7, 11) is 0. The first-order valence-corrected chi connectivity index (χ1v) is 10.1. The highest BCUT2D eigenvalue weighted by molar-refractivity contribution is 7.19. The van der Waals surface area contributed by atoms with Gasteiger partial charge in [-0.15, -0.1) is 11.3 Å². The number of rotatable bonds is 4. The van der Waals surface area contributed by atoms with Crippen molar-refractivity contribution in [3.8, 4) is 6.07 Å². The SMILES string of the molecule is N#CC(=C(O)C(c1ccccc1)c1ccccc1)c1nc2cc(C(F)(F)F)ccc2s1. The molecule has 1 N–H and O–H groups in total. The summed E-state index contributed by atoms with van der Waals surface area (Å²) in [5, 5.41) is 21.2. The second-order valence-corrected chi connectivity index (χ2v) is 7.86. The molecule has 0 fully saturated rings. The Bertz CT molecular complexity index is 1250. The highest BCUT2D eigenvalue weighted by atomic mass is 32.1. The van der Waals surface area contributed by atoms with Gasteiger partial charge in [0.2, 0.25) is 0 Å². The first-order valence-electron chi connectivity index (χ1n) is 9.30. The molecule has 31 heavy (non-hydrogen) atoms. The average molecular weight is 436 g/mol. The zero-order valence-electron chi connectivity index (χ0n) is 16.0. The lowest BCUT2D eigenvalue weighted by molar-refractivity contribution is -0.137. The van der Waals surface area contributed by atoms with Gasteiger partial charge in [0.25, 0.3) is 0 Å². The van der Waals surface area contributed by atoms with E-state index in [0.29, 0.717) is 4.70 Å². The van der Waals surface area contributed by atoms with E-state index in [2.05, 4.69) is 4.98 Å². The van der Waals surface area contributed by atoms with E-state index >= 15 is 0 Å². The standard InChI is InChI=1S/C24H15F3N2OS/c25-24(26,27)17-11-12-20-19(13-17)29-23(31-20)18(14-28)22(30)21(15-7-3-1-4-8-15)16-9-5-2-6-10-16/h1-13,21,30H. The van der Waals surface area contributed by atoms with Crippen LogP contribution in [0.4, 0.5) is 13.2 Å². The van der Waals surface area contributed by atoms with Crippen LogP contribution in [0.25, 0.3) is 15.8 Å². The highest BCUT2D eigenvalue weighted by Gasteiger charge is 2.31. The summed E-state index contributed by atoms with van der Waals surface area (Å²) >= 11 is 1.07. The lowest BCUT2D eigenvalue weighted by Crippen LogP contribution is -2.07. The zero-order valence-corrected chi connectivity index (χ0v) is 16.8. The number of nitriles is 1. The van der Waals surface area contributed by atoms with Crippen molar-refractivity contribution >= 4 is 27.1 Å². The van der Waals surface area contributed by atoms with Crippen LogP contribution in [-0.4, -0.2) is 10.1 Å². The molecule has 0 bridgehead atoms. The molecule has 0 spiro atoms. The summed E-state index contributed by atoms with van der Waals surface area (Å²) < 4.78 is 39.6. The first-order chi connectivity index (χ1) is 14.9. The lowest BCUT2D eigenvalue weighted by Gasteiger charge is -2.18. The highest BCUT2D eigenvalue weighted by Crippen LogP contribution is 2.38. The maximum absolute atomic E-state index is 13.0. The number of halogens is 3. The van der Waals surface area contributed by atoms with Gasteiger partial charge in [-0.1, -0.05) is 60.7 Å². The summed E-state index contributed by atoms with van der Waals surface area (Å²) in [6.45, 7) is 0. The number of thiazole rings is 1. The Hall–Kier alpha value is -3.63. The van der Waals surface area contributed by atoms with Crippen molar-refractivity contribution in [2.24, 2.45) is 0 Å². The number of hydrogen-bond donors (Lipinski definition) is 1. The van der Waals surface area contributed by atoms with Crippen LogP contribution in [0.3, 0.4) is 0 Å². The molecule has 0 saturated heterocycles. The number of aliphatic hydroxyl groups is 1. The number of allylic oxidation sites excluding steroid dienone is 2. The maximum atomic E-state index is 13.0. The monoisotopic (exact) mass is 436 g/mol. The van der Waals surface area contributed by atoms with Crippen LogP contribution in [0.2, 0.25) is 0 Å². The van der Waals surface area contributed by atoms with Crippen LogP contribution < -0.4 is 0 Å². The number of benzene rings is 3. The average Bonchev–Trinajstić information content (AvgIpc) is 3.18. The Labute approximate surface area is 180 Å². The van der Waals surface area contributed by atoms with Gasteiger partial charge >= 0.3 is 6.18 Å². The predicted octanol–water partition coefficient (Wildman–Crippen LogP) is 6.94. The minimum Gasteiger partial charge on any atom is -0.510 e. The van der Waals surface area contributed by atoms with E-state index in [0.717, 1.165) is 34.6 Å². The molecule has 4 rings (SSSR count). The topological polar surface area (TPSA) is 56.9 Å². The van der Waals surface area contributed by atoms with Gasteiger partial charge in [0.15, 0.2) is 0 Å². The van der Waals surface area contributed by atoms with Gasteiger partial charge in [-0.25, -0.2) is 4.98 Å². The third kappa shape index (κ3) is 4.16. The van der Waals surface area contributed by atoms with Crippen LogP contribution in [0.15, 0.2) is 84.6 Å². The van der Waals surface area contributed by atoms with Crippen molar-refractivity contribution in [1.82, 2.24) is 4.98 Å². The van der Waals surface area contributed by atoms with Crippen LogP contribution in [-0.2, 0) is 6.18 Å². The summed E-state index contributed by atoms with van der Waals surface area (Å²) in [4.78, 5) is 4.23. The van der Waals surface area contributed by atoms with E-state index in [4.69, 9.17) is 0 Å². The number of hydrogen-bond acceptors (Lipinski definition) is 4. The summed E-state index contributed by atoms with van der Waals surface area (Å²) in [5.74, 6) is -0.815. The lowest BCUT2D eigenvalue weighted by atomic mass is 9.88. The van der Waals surface area contributed by atoms with E-state index in [-0.39, 0.29) is 21.9 Å². The minimum absolute atomic E-state index is 0.0625. The van der Waals surface area contributed by atoms with E-state index in [1.807, 2.05) is 66.7 Å². The fourth-order valence-corrected chi connectivity index (χ4v) is 4.32. The third-order valence-corrected chi connectivity index (χ3v) is 5.89. The molecule has 1 aromatic heterocycles. The molecule has 3 nitrogen and oxygen atoms in total. The van der Waals surface area contributed by atoms with E-state index in [1.165, 1.54) is 6.07 Å². The molecular weight excluding hydrogens is 421 g/mol. The van der Waals surface area contributed by atoms with Gasteiger partial charge in [0.1, 0.15) is 22.4 Å². The Morgan fingerprint density at radius 2 is 1.52 bits per heavy atom. The molecule has 0 aliphatic carbocycles. The van der Waals surface area contributed by atoms with E-state index < -0.39 is 17.7 Å². The van der Waals surface area contributed by atoms with E-state index in [9.17, 15) is 23.5 Å². The van der Waals surface area contributed by atoms with Crippen LogP contribution in [0, 0.1) is 11.3 Å². The Kier molecular flexibility index (Phi) is 5.49. The first kappa shape index (κ1) is 20.6. The number of aromatic nitrogens is 1. The second-order valence-electron chi connectivity index (χ2n) is 6.83. The largest absolute Gasteiger partial charge is 0.510 e. The Morgan fingerprint density at radius 3 is 2.03 bits per heavy atom. The molecule has 154 valence electrons.